The van der Waals surface area contributed by atoms with Crippen molar-refractivity contribution in [2.75, 3.05) is 6.61 Å². The van der Waals surface area contributed by atoms with E-state index in [4.69, 9.17) is 4.74 Å². The van der Waals surface area contributed by atoms with Crippen LogP contribution in [0.5, 0.6) is 0 Å². The monoisotopic (exact) mass is 411 g/mol. The van der Waals surface area contributed by atoms with Crippen LogP contribution in [-0.4, -0.2) is 29.0 Å². The van der Waals surface area contributed by atoms with Crippen LogP contribution in [0.4, 0.5) is 0 Å². The summed E-state index contributed by atoms with van der Waals surface area (Å²) in [6, 6.07) is 13.6. The van der Waals surface area contributed by atoms with Gasteiger partial charge in [0.1, 0.15) is 15.4 Å². The van der Waals surface area contributed by atoms with Crippen molar-refractivity contribution in [3.8, 4) is 16.0 Å². The normalized spacial score (nSPS) is 15.2. The number of amides is 1. The summed E-state index contributed by atoms with van der Waals surface area (Å²) >= 11 is 2.85. The second-order valence-electron chi connectivity index (χ2n) is 6.68. The molecule has 0 atom stereocenters. The second-order valence-corrected chi connectivity index (χ2v) is 8.79. The lowest BCUT2D eigenvalue weighted by atomic mass is 10.00. The van der Waals surface area contributed by atoms with Crippen molar-refractivity contribution in [2.45, 2.75) is 31.2 Å². The van der Waals surface area contributed by atoms with Crippen LogP contribution in [0.15, 0.2) is 36.4 Å². The van der Waals surface area contributed by atoms with Crippen LogP contribution in [0.25, 0.3) is 20.1 Å². The highest BCUT2D eigenvalue weighted by molar-refractivity contribution is 7.26. The maximum atomic E-state index is 12.3. The number of thiophene rings is 1. The van der Waals surface area contributed by atoms with Crippen molar-refractivity contribution in [1.29, 1.82) is 5.26 Å². The van der Waals surface area contributed by atoms with Crippen molar-refractivity contribution in [2.24, 2.45) is 0 Å². The Kier molecular flexibility index (Phi) is 5.11. The first kappa shape index (κ1) is 18.6. The van der Waals surface area contributed by atoms with Crippen molar-refractivity contribution in [3.05, 3.63) is 41.3 Å². The third-order valence-corrected chi connectivity index (χ3v) is 6.97. The number of thiazole rings is 1. The number of carbonyl (C=O) groups is 2. The number of fused-ring (bicyclic) bond motifs is 1. The first-order chi connectivity index (χ1) is 13.6. The van der Waals surface area contributed by atoms with E-state index in [0.717, 1.165) is 32.9 Å². The molecule has 3 aromatic rings. The van der Waals surface area contributed by atoms with Gasteiger partial charge in [-0.3, -0.25) is 4.79 Å². The van der Waals surface area contributed by atoms with Crippen LogP contribution in [0.1, 0.15) is 35.4 Å². The van der Waals surface area contributed by atoms with Crippen molar-refractivity contribution in [3.63, 3.8) is 0 Å². The number of nitrogens with zero attached hydrogens (tertiary/aromatic N) is 2. The summed E-state index contributed by atoms with van der Waals surface area (Å²) in [5.74, 6) is -0.996. The molecule has 0 aliphatic heterocycles. The zero-order chi connectivity index (χ0) is 19.6. The molecule has 0 spiro atoms. The second kappa shape index (κ2) is 7.70. The predicted molar refractivity (Wildman–Crippen MR) is 108 cm³/mol. The Labute approximate surface area is 169 Å². The van der Waals surface area contributed by atoms with E-state index >= 15 is 0 Å². The summed E-state index contributed by atoms with van der Waals surface area (Å²) in [5.41, 5.74) is 0.113. The highest BCUT2D eigenvalue weighted by atomic mass is 32.1. The molecule has 28 heavy (non-hydrogen) atoms. The number of nitrogens with one attached hydrogen (secondary N) is 1. The third kappa shape index (κ3) is 3.77. The number of ether oxygens (including phenoxy) is 1. The highest BCUT2D eigenvalue weighted by Crippen LogP contribution is 2.34. The van der Waals surface area contributed by atoms with Gasteiger partial charge in [-0.2, -0.15) is 5.26 Å². The first-order valence-electron chi connectivity index (χ1n) is 8.94. The molecule has 1 aliphatic rings. The summed E-state index contributed by atoms with van der Waals surface area (Å²) in [5, 5.41) is 12.9. The molecule has 0 unspecified atom stereocenters. The highest BCUT2D eigenvalue weighted by Gasteiger charge is 2.35. The van der Waals surface area contributed by atoms with Crippen LogP contribution >= 0.6 is 22.7 Å². The van der Waals surface area contributed by atoms with Crippen LogP contribution in [0.2, 0.25) is 0 Å². The van der Waals surface area contributed by atoms with E-state index in [2.05, 4.69) is 16.4 Å². The molecule has 1 aliphatic carbocycles. The van der Waals surface area contributed by atoms with Crippen molar-refractivity contribution in [1.82, 2.24) is 10.3 Å². The molecule has 6 nitrogen and oxygen atoms in total. The van der Waals surface area contributed by atoms with E-state index in [-0.39, 0.29) is 0 Å². The van der Waals surface area contributed by atoms with Crippen molar-refractivity contribution >= 4 is 44.8 Å². The SMILES string of the molecule is N#CC1(NC(=O)COC(=O)c2ccc(-c3nc4ccccc4s3)s2)CCCC1. The lowest BCUT2D eigenvalue weighted by Crippen LogP contribution is -2.46. The Morgan fingerprint density at radius 2 is 1.96 bits per heavy atom. The third-order valence-electron chi connectivity index (χ3n) is 4.70. The van der Waals surface area contributed by atoms with Gasteiger partial charge in [0.05, 0.1) is 21.2 Å². The summed E-state index contributed by atoms with van der Waals surface area (Å²) in [6.07, 6.45) is 3.11. The molecule has 2 aromatic heterocycles. The zero-order valence-electron chi connectivity index (χ0n) is 14.9. The number of rotatable bonds is 5. The average Bonchev–Trinajstić information content (AvgIpc) is 3.44. The number of para-hydroxylation sites is 1. The minimum absolute atomic E-state index is 0.392. The molecule has 2 heterocycles. The van der Waals surface area contributed by atoms with E-state index in [1.165, 1.54) is 11.3 Å². The minimum Gasteiger partial charge on any atom is -0.451 e. The molecule has 0 radical (unpaired) electrons. The van der Waals surface area contributed by atoms with Gasteiger partial charge in [-0.15, -0.1) is 22.7 Å². The van der Waals surface area contributed by atoms with Gasteiger partial charge in [0.15, 0.2) is 6.61 Å². The molecule has 1 saturated carbocycles. The number of carbonyl (C=O) groups excluding carboxylic acids is 2. The molecule has 1 amide bonds. The summed E-state index contributed by atoms with van der Waals surface area (Å²) in [4.78, 5) is 30.2. The van der Waals surface area contributed by atoms with E-state index in [0.29, 0.717) is 17.7 Å². The summed E-state index contributed by atoms with van der Waals surface area (Å²) < 4.78 is 6.22. The maximum Gasteiger partial charge on any atom is 0.348 e. The molecule has 4 rings (SSSR count). The Hall–Kier alpha value is -2.76. The molecule has 1 aromatic carbocycles. The molecule has 8 heteroatoms. The average molecular weight is 412 g/mol. The van der Waals surface area contributed by atoms with Crippen molar-refractivity contribution < 1.29 is 14.3 Å². The number of aromatic nitrogens is 1. The number of hydrogen-bond acceptors (Lipinski definition) is 7. The summed E-state index contributed by atoms with van der Waals surface area (Å²) in [7, 11) is 0. The molecular formula is C20H17N3O3S2. The fourth-order valence-electron chi connectivity index (χ4n) is 3.29. The van der Waals surface area contributed by atoms with Gasteiger partial charge in [0, 0.05) is 0 Å². The zero-order valence-corrected chi connectivity index (χ0v) is 16.6. The molecule has 1 N–H and O–H groups in total. The Morgan fingerprint density at radius 3 is 2.71 bits per heavy atom. The first-order valence-corrected chi connectivity index (χ1v) is 10.6. The Morgan fingerprint density at radius 1 is 1.18 bits per heavy atom. The summed E-state index contributed by atoms with van der Waals surface area (Å²) in [6.45, 7) is -0.392. The number of hydrogen-bond donors (Lipinski definition) is 1. The lowest BCUT2D eigenvalue weighted by molar-refractivity contribution is -0.125. The Bertz CT molecular complexity index is 1040. The quantitative estimate of drug-likeness (QED) is 0.637. The van der Waals surface area contributed by atoms with Gasteiger partial charge in [0.25, 0.3) is 5.91 Å². The standard InChI is InChI=1S/C20H17N3O3S2/c21-12-20(9-3-4-10-20)23-17(24)11-26-19(25)16-8-7-15(27-16)18-22-13-5-1-2-6-14(13)28-18/h1-2,5-8H,3-4,9-11H2,(H,23,24). The molecular weight excluding hydrogens is 394 g/mol. The minimum atomic E-state index is -0.813. The van der Waals surface area contributed by atoms with Gasteiger partial charge in [-0.25, -0.2) is 9.78 Å². The number of esters is 1. The van der Waals surface area contributed by atoms with Gasteiger partial charge in [-0.1, -0.05) is 12.1 Å². The lowest BCUT2D eigenvalue weighted by Gasteiger charge is -2.21. The van der Waals surface area contributed by atoms with E-state index in [1.54, 1.807) is 17.4 Å². The predicted octanol–water partition coefficient (Wildman–Crippen LogP) is 4.13. The largest absolute Gasteiger partial charge is 0.451 e. The number of benzene rings is 1. The fraction of sp³-hybridized carbons (Fsp3) is 0.300. The maximum absolute atomic E-state index is 12.3. The van der Waals surface area contributed by atoms with E-state index in [1.807, 2.05) is 30.3 Å². The topological polar surface area (TPSA) is 92.1 Å². The van der Waals surface area contributed by atoms with Gasteiger partial charge < -0.3 is 10.1 Å². The Balaban J connectivity index is 1.38. The molecule has 0 saturated heterocycles. The fourth-order valence-corrected chi connectivity index (χ4v) is 5.21. The van der Waals surface area contributed by atoms with Gasteiger partial charge >= 0.3 is 5.97 Å². The number of nitriles is 1. The smallest absolute Gasteiger partial charge is 0.348 e. The van der Waals surface area contributed by atoms with Crippen LogP contribution in [0.3, 0.4) is 0 Å². The van der Waals surface area contributed by atoms with Gasteiger partial charge in [0.2, 0.25) is 0 Å². The molecule has 0 bridgehead atoms. The van der Waals surface area contributed by atoms with Crippen LogP contribution in [-0.2, 0) is 9.53 Å². The molecule has 1 fully saturated rings. The van der Waals surface area contributed by atoms with Gasteiger partial charge in [-0.05, 0) is 49.9 Å². The van der Waals surface area contributed by atoms with Crippen LogP contribution < -0.4 is 5.32 Å². The van der Waals surface area contributed by atoms with E-state index in [9.17, 15) is 14.9 Å². The van der Waals surface area contributed by atoms with Crippen LogP contribution in [0, 0.1) is 11.3 Å². The van der Waals surface area contributed by atoms with E-state index < -0.39 is 24.0 Å². The molecule has 142 valence electrons.